The number of ether oxygens (including phenoxy) is 3. The molecule has 40 heavy (non-hydrogen) atoms. The average Bonchev–Trinajstić information content (AvgIpc) is 3.37. The normalized spacial score (nSPS) is 18.2. The van der Waals surface area contributed by atoms with Crippen molar-refractivity contribution < 1.29 is 32.9 Å². The second-order valence-corrected chi connectivity index (χ2v) is 11.1. The molecule has 0 aliphatic carbocycles. The van der Waals surface area contributed by atoms with Crippen LogP contribution in [0.4, 0.5) is 14.6 Å². The first-order valence-electron chi connectivity index (χ1n) is 14.1. The van der Waals surface area contributed by atoms with E-state index in [9.17, 15) is 18.7 Å². The van der Waals surface area contributed by atoms with Crippen molar-refractivity contribution in [1.29, 1.82) is 0 Å². The van der Waals surface area contributed by atoms with E-state index in [2.05, 4.69) is 5.32 Å². The molecule has 1 aromatic heterocycles. The number of halogens is 2. The number of likely N-dealkylation sites (tertiary alicyclic amines) is 1. The number of rotatable bonds is 13. The summed E-state index contributed by atoms with van der Waals surface area (Å²) in [6.45, 7) is 4.98. The third-order valence-electron chi connectivity index (χ3n) is 7.72. The van der Waals surface area contributed by atoms with Crippen LogP contribution in [0.25, 0.3) is 0 Å². The molecule has 220 valence electrons. The van der Waals surface area contributed by atoms with Gasteiger partial charge in [0.05, 0.1) is 20.3 Å². The third kappa shape index (κ3) is 7.01. The van der Waals surface area contributed by atoms with Crippen molar-refractivity contribution in [3.8, 4) is 11.5 Å². The molecule has 0 spiro atoms. The molecule has 2 aromatic rings. The molecule has 0 saturated carbocycles. The van der Waals surface area contributed by atoms with E-state index < -0.39 is 23.5 Å². The first kappa shape index (κ1) is 30.0. The second kappa shape index (κ2) is 13.1. The lowest BCUT2D eigenvalue weighted by atomic mass is 9.94. The van der Waals surface area contributed by atoms with E-state index in [0.29, 0.717) is 26.1 Å². The zero-order chi connectivity index (χ0) is 28.9. The topological polar surface area (TPSA) is 93.2 Å². The van der Waals surface area contributed by atoms with Gasteiger partial charge in [0.15, 0.2) is 11.6 Å². The molecule has 1 unspecified atom stereocenters. The lowest BCUT2D eigenvalue weighted by Crippen LogP contribution is -2.34. The maximum absolute atomic E-state index is 14.8. The van der Waals surface area contributed by atoms with Crippen molar-refractivity contribution in [3.63, 3.8) is 0 Å². The van der Waals surface area contributed by atoms with Crippen molar-refractivity contribution in [2.45, 2.75) is 76.6 Å². The number of carbonyl (C=O) groups is 1. The first-order chi connectivity index (χ1) is 19.1. The highest BCUT2D eigenvalue weighted by Crippen LogP contribution is 2.38. The Morgan fingerprint density at radius 2 is 2.02 bits per heavy atom. The van der Waals surface area contributed by atoms with Crippen LogP contribution in [-0.4, -0.2) is 67.5 Å². The van der Waals surface area contributed by atoms with E-state index in [0.717, 1.165) is 74.0 Å². The minimum absolute atomic E-state index is 0.0688. The molecule has 1 fully saturated rings. The third-order valence-corrected chi connectivity index (χ3v) is 7.72. The van der Waals surface area contributed by atoms with Crippen LogP contribution in [0.15, 0.2) is 18.2 Å². The Kier molecular flexibility index (Phi) is 9.84. The molecule has 2 aliphatic heterocycles. The highest BCUT2D eigenvalue weighted by molar-refractivity contribution is 5.77. The van der Waals surface area contributed by atoms with Crippen LogP contribution in [0.1, 0.15) is 74.4 Å². The summed E-state index contributed by atoms with van der Waals surface area (Å²) in [7, 11) is 2.98. The maximum Gasteiger partial charge on any atom is 0.325 e. The zero-order valence-corrected chi connectivity index (χ0v) is 23.9. The van der Waals surface area contributed by atoms with Crippen LogP contribution in [0.5, 0.6) is 11.5 Å². The van der Waals surface area contributed by atoms with Gasteiger partial charge < -0.3 is 24.6 Å². The van der Waals surface area contributed by atoms with E-state index in [-0.39, 0.29) is 23.0 Å². The monoisotopic (exact) mass is 561 g/mol. The van der Waals surface area contributed by atoms with E-state index in [1.807, 2.05) is 6.07 Å². The van der Waals surface area contributed by atoms with Crippen LogP contribution >= 0.6 is 0 Å². The minimum atomic E-state index is -1.83. The molecule has 4 rings (SSSR count). The molecule has 8 nitrogen and oxygen atoms in total. The number of nitrogens with one attached hydrogen (secondary N) is 1. The smallest absolute Gasteiger partial charge is 0.325 e. The fourth-order valence-corrected chi connectivity index (χ4v) is 5.59. The van der Waals surface area contributed by atoms with Gasteiger partial charge in [-0.15, -0.1) is 0 Å². The summed E-state index contributed by atoms with van der Waals surface area (Å²) < 4.78 is 46.3. The summed E-state index contributed by atoms with van der Waals surface area (Å²) in [5.41, 5.74) is 0.521. The van der Waals surface area contributed by atoms with Gasteiger partial charge in [-0.2, -0.15) is 0 Å². The molecule has 0 bridgehead atoms. The number of unbranched alkanes of at least 4 members (excludes halogenated alkanes) is 2. The van der Waals surface area contributed by atoms with E-state index in [1.165, 1.54) is 27.0 Å². The number of carboxylic acids is 1. The number of aliphatic carboxylic acids is 1. The van der Waals surface area contributed by atoms with Gasteiger partial charge in [-0.1, -0.05) is 6.42 Å². The summed E-state index contributed by atoms with van der Waals surface area (Å²) in [4.78, 5) is 18.8. The molecule has 2 aliphatic rings. The average molecular weight is 562 g/mol. The van der Waals surface area contributed by atoms with Crippen LogP contribution in [0.3, 0.4) is 0 Å². The Morgan fingerprint density at radius 1 is 1.23 bits per heavy atom. The predicted octanol–water partition coefficient (Wildman–Crippen LogP) is 5.43. The number of nitrogens with zero attached hydrogens (tertiary/aromatic N) is 2. The number of pyridine rings is 1. The number of carboxylic acid groups (broad SMARTS) is 1. The second-order valence-electron chi connectivity index (χ2n) is 11.1. The zero-order valence-electron chi connectivity index (χ0n) is 23.9. The van der Waals surface area contributed by atoms with Crippen LogP contribution in [0, 0.1) is 5.82 Å². The Labute approximate surface area is 235 Å². The van der Waals surface area contributed by atoms with E-state index >= 15 is 0 Å². The van der Waals surface area contributed by atoms with Gasteiger partial charge >= 0.3 is 5.97 Å². The number of aryl methyl sites for hydroxylation is 1. The molecular weight excluding hydrogens is 520 g/mol. The lowest BCUT2D eigenvalue weighted by Gasteiger charge is -2.27. The van der Waals surface area contributed by atoms with Crippen LogP contribution in [0.2, 0.25) is 0 Å². The Hall–Kier alpha value is -2.98. The number of aromatic nitrogens is 1. The van der Waals surface area contributed by atoms with Gasteiger partial charge in [-0.25, -0.2) is 13.8 Å². The molecule has 0 amide bonds. The highest BCUT2D eigenvalue weighted by Gasteiger charge is 2.37. The van der Waals surface area contributed by atoms with Gasteiger partial charge in [0, 0.05) is 49.1 Å². The SMILES string of the molecule is COc1cc(CCCCCO[C@@H]2CCN(C(C(=O)O)c3cc(C(C)(C)F)cc(F)c3OC)C2)nc2c1CCCN2. The van der Waals surface area contributed by atoms with Crippen molar-refractivity contribution in [3.05, 3.63) is 46.4 Å². The first-order valence-corrected chi connectivity index (χ1v) is 14.1. The number of methoxy groups -OCH3 is 2. The van der Waals surface area contributed by atoms with Gasteiger partial charge in [0.1, 0.15) is 23.3 Å². The number of fused-ring (bicyclic) bond motifs is 1. The Morgan fingerprint density at radius 3 is 2.73 bits per heavy atom. The molecule has 2 atom stereocenters. The van der Waals surface area contributed by atoms with E-state index in [4.69, 9.17) is 19.2 Å². The van der Waals surface area contributed by atoms with Gasteiger partial charge in [0.2, 0.25) is 0 Å². The summed E-state index contributed by atoms with van der Waals surface area (Å²) in [6, 6.07) is 3.33. The summed E-state index contributed by atoms with van der Waals surface area (Å²) in [5.74, 6) is -0.253. The standard InChI is InChI=1S/C30H41F2N3O5/c1-30(2,32)19-15-23(27(39-4)24(31)16-19)26(29(36)37)35-13-11-21(18-35)40-14-7-5-6-9-20-17-25(38-3)22-10-8-12-33-28(22)34-20/h15-17,21,26H,5-14,18H2,1-4H3,(H,33,34)(H,36,37)/t21-,26?/m1/s1. The van der Waals surface area contributed by atoms with Crippen molar-refractivity contribution in [2.75, 3.05) is 45.8 Å². The molecule has 1 aromatic carbocycles. The highest BCUT2D eigenvalue weighted by atomic mass is 19.1. The fraction of sp³-hybridized carbons (Fsp3) is 0.600. The minimum Gasteiger partial charge on any atom is -0.496 e. The lowest BCUT2D eigenvalue weighted by molar-refractivity contribution is -0.143. The van der Waals surface area contributed by atoms with E-state index in [1.54, 1.807) is 12.0 Å². The fourth-order valence-electron chi connectivity index (χ4n) is 5.59. The number of alkyl halides is 1. The van der Waals surface area contributed by atoms with Crippen LogP contribution in [-0.2, 0) is 28.0 Å². The van der Waals surface area contributed by atoms with Crippen molar-refractivity contribution >= 4 is 11.8 Å². The van der Waals surface area contributed by atoms with Crippen molar-refractivity contribution in [2.24, 2.45) is 0 Å². The Bertz CT molecular complexity index is 1170. The summed E-state index contributed by atoms with van der Waals surface area (Å²) in [5, 5.41) is 13.4. The maximum atomic E-state index is 14.8. The molecular formula is C30H41F2N3O5. The van der Waals surface area contributed by atoms with Gasteiger partial charge in [-0.05, 0) is 70.1 Å². The molecule has 10 heteroatoms. The molecule has 0 radical (unpaired) electrons. The van der Waals surface area contributed by atoms with Crippen molar-refractivity contribution in [1.82, 2.24) is 9.88 Å². The van der Waals surface area contributed by atoms with Gasteiger partial charge in [-0.3, -0.25) is 9.69 Å². The number of hydrogen-bond donors (Lipinski definition) is 2. The molecule has 2 N–H and O–H groups in total. The number of benzene rings is 1. The Balaban J connectivity index is 1.28. The van der Waals surface area contributed by atoms with Crippen LogP contribution < -0.4 is 14.8 Å². The summed E-state index contributed by atoms with van der Waals surface area (Å²) in [6.07, 6.45) is 6.28. The number of anilines is 1. The van der Waals surface area contributed by atoms with Gasteiger partial charge in [0.25, 0.3) is 0 Å². The number of hydrogen-bond acceptors (Lipinski definition) is 7. The largest absolute Gasteiger partial charge is 0.496 e. The quantitative estimate of drug-likeness (QED) is 0.313. The molecule has 3 heterocycles. The molecule has 1 saturated heterocycles. The summed E-state index contributed by atoms with van der Waals surface area (Å²) >= 11 is 0. The predicted molar refractivity (Wildman–Crippen MR) is 149 cm³/mol.